The van der Waals surface area contributed by atoms with E-state index < -0.39 is 6.09 Å². The van der Waals surface area contributed by atoms with Crippen molar-refractivity contribution in [3.63, 3.8) is 0 Å². The molecule has 0 spiro atoms. The van der Waals surface area contributed by atoms with E-state index in [0.717, 1.165) is 37.9 Å². The van der Waals surface area contributed by atoms with Gasteiger partial charge in [-0.15, -0.1) is 0 Å². The Morgan fingerprint density at radius 1 is 1.20 bits per heavy atom. The second kappa shape index (κ2) is 13.4. The highest BCUT2D eigenvalue weighted by Crippen LogP contribution is 2.38. The molecule has 1 aromatic heterocycles. The van der Waals surface area contributed by atoms with E-state index in [0.29, 0.717) is 54.8 Å². The van der Waals surface area contributed by atoms with E-state index in [-0.39, 0.29) is 29.9 Å². The number of H-pyrrole nitrogens is 1. The van der Waals surface area contributed by atoms with Crippen molar-refractivity contribution in [3.05, 3.63) is 35.2 Å². The lowest BCUT2D eigenvalue weighted by atomic mass is 9.95. The van der Waals surface area contributed by atoms with Crippen LogP contribution in [-0.2, 0) is 9.53 Å². The summed E-state index contributed by atoms with van der Waals surface area (Å²) in [5.41, 5.74) is 7.77. The molecule has 5 N–H and O–H groups in total. The van der Waals surface area contributed by atoms with Crippen LogP contribution in [0.25, 0.3) is 11.3 Å². The summed E-state index contributed by atoms with van der Waals surface area (Å²) in [5, 5.41) is 10.7. The van der Waals surface area contributed by atoms with Crippen molar-refractivity contribution in [2.45, 2.75) is 58.0 Å². The predicted molar refractivity (Wildman–Crippen MR) is 156 cm³/mol. The second-order valence-corrected chi connectivity index (χ2v) is 10.9. The third kappa shape index (κ3) is 6.69. The molecular formula is C28H41ClN8O3. The Labute approximate surface area is 240 Å². The number of hydrogen-bond acceptors (Lipinski definition) is 6. The standard InChI is InChI=1S/C28H41ClN8O3/c1-4-12-35(13-5-2)21-16-22(37(17-21)26(38)19-10-14-36(15-11-19)27(30)31)25-33-23(24(29)34-25)18-6-8-20(9-7-18)32-28(39)40-3/h6-9,19,21-22H,4-5,10-17H2,1-3H3,(H3,30,31)(H,32,39)(H,33,34). The van der Waals surface area contributed by atoms with Crippen LogP contribution in [0.1, 0.15) is 57.8 Å². The van der Waals surface area contributed by atoms with E-state index >= 15 is 0 Å². The highest BCUT2D eigenvalue weighted by molar-refractivity contribution is 6.31. The number of rotatable bonds is 9. The Morgan fingerprint density at radius 2 is 1.85 bits per heavy atom. The van der Waals surface area contributed by atoms with Crippen molar-refractivity contribution in [1.82, 2.24) is 24.7 Å². The zero-order valence-corrected chi connectivity index (χ0v) is 24.3. The van der Waals surface area contributed by atoms with Crippen LogP contribution in [0, 0.1) is 11.3 Å². The molecule has 4 rings (SSSR count). The zero-order chi connectivity index (χ0) is 28.8. The largest absolute Gasteiger partial charge is 0.453 e. The normalized spacial score (nSPS) is 19.7. The Morgan fingerprint density at radius 3 is 2.42 bits per heavy atom. The number of carbonyl (C=O) groups excluding carboxylic acids is 2. The van der Waals surface area contributed by atoms with Gasteiger partial charge in [0, 0.05) is 42.8 Å². The molecule has 11 nitrogen and oxygen atoms in total. The van der Waals surface area contributed by atoms with Gasteiger partial charge in [-0.2, -0.15) is 0 Å². The number of nitrogens with one attached hydrogen (secondary N) is 3. The quantitative estimate of drug-likeness (QED) is 0.259. The number of halogens is 1. The maximum Gasteiger partial charge on any atom is 0.411 e. The smallest absolute Gasteiger partial charge is 0.411 e. The number of piperidine rings is 1. The molecular weight excluding hydrogens is 532 g/mol. The van der Waals surface area contributed by atoms with Crippen molar-refractivity contribution in [2.24, 2.45) is 11.7 Å². The molecule has 218 valence electrons. The molecule has 1 aromatic carbocycles. The second-order valence-electron chi connectivity index (χ2n) is 10.6. The van der Waals surface area contributed by atoms with E-state index in [9.17, 15) is 9.59 Å². The van der Waals surface area contributed by atoms with Crippen molar-refractivity contribution >= 4 is 35.2 Å². The predicted octanol–water partition coefficient (Wildman–Crippen LogP) is 4.28. The van der Waals surface area contributed by atoms with Crippen LogP contribution in [0.2, 0.25) is 5.15 Å². The number of nitrogens with two attached hydrogens (primary N) is 1. The molecule has 2 aliphatic rings. The van der Waals surface area contributed by atoms with Gasteiger partial charge in [-0.25, -0.2) is 9.78 Å². The molecule has 0 radical (unpaired) electrons. The van der Waals surface area contributed by atoms with Crippen LogP contribution in [-0.4, -0.2) is 88.5 Å². The lowest BCUT2D eigenvalue weighted by molar-refractivity contribution is -0.138. The number of amides is 2. The number of anilines is 1. The summed E-state index contributed by atoms with van der Waals surface area (Å²) in [6, 6.07) is 7.26. The Kier molecular flexibility index (Phi) is 9.91. The average Bonchev–Trinajstić information content (AvgIpc) is 3.57. The first kappa shape index (κ1) is 29.7. The van der Waals surface area contributed by atoms with Crippen LogP contribution < -0.4 is 11.1 Å². The molecule has 3 heterocycles. The van der Waals surface area contributed by atoms with Crippen molar-refractivity contribution in [1.29, 1.82) is 5.41 Å². The summed E-state index contributed by atoms with van der Waals surface area (Å²) in [5.74, 6) is 0.770. The minimum absolute atomic E-state index is 0.0617. The molecule has 40 heavy (non-hydrogen) atoms. The van der Waals surface area contributed by atoms with Crippen LogP contribution in [0.5, 0.6) is 0 Å². The van der Waals surface area contributed by atoms with E-state index in [1.54, 1.807) is 12.1 Å². The van der Waals surface area contributed by atoms with E-state index in [1.165, 1.54) is 7.11 Å². The van der Waals surface area contributed by atoms with Crippen molar-refractivity contribution in [2.75, 3.05) is 45.2 Å². The van der Waals surface area contributed by atoms with Gasteiger partial charge in [-0.05, 0) is 57.3 Å². The highest BCUT2D eigenvalue weighted by atomic mass is 35.5. The fourth-order valence-electron chi connectivity index (χ4n) is 5.84. The number of nitrogens with zero attached hydrogens (tertiary/aromatic N) is 4. The van der Waals surface area contributed by atoms with Gasteiger partial charge in [0.1, 0.15) is 5.82 Å². The minimum atomic E-state index is -0.540. The maximum absolute atomic E-state index is 13.9. The number of methoxy groups -OCH3 is 1. The summed E-state index contributed by atoms with van der Waals surface area (Å²) in [6.07, 6.45) is 3.70. The number of aromatic nitrogens is 2. The van der Waals surface area contributed by atoms with Gasteiger partial charge in [0.15, 0.2) is 11.1 Å². The zero-order valence-electron chi connectivity index (χ0n) is 23.6. The SMILES string of the molecule is CCCN(CCC)C1CC(c2nc(Cl)c(-c3ccc(NC(=O)OC)cc3)[nH]2)N(C(=O)C2CCN(C(=N)N)CC2)C1. The summed E-state index contributed by atoms with van der Waals surface area (Å²) in [6.45, 7) is 8.22. The maximum atomic E-state index is 13.9. The molecule has 0 aliphatic carbocycles. The Balaban J connectivity index is 1.58. The Bertz CT molecular complexity index is 1170. The highest BCUT2D eigenvalue weighted by Gasteiger charge is 2.42. The monoisotopic (exact) mass is 572 g/mol. The van der Waals surface area contributed by atoms with Crippen molar-refractivity contribution < 1.29 is 14.3 Å². The van der Waals surface area contributed by atoms with E-state index in [4.69, 9.17) is 27.7 Å². The third-order valence-electron chi connectivity index (χ3n) is 7.88. The van der Waals surface area contributed by atoms with Crippen LogP contribution in [0.4, 0.5) is 10.5 Å². The van der Waals surface area contributed by atoms with Gasteiger partial charge in [-0.3, -0.25) is 20.4 Å². The lowest BCUT2D eigenvalue weighted by Crippen LogP contribution is -2.47. The molecule has 0 saturated carbocycles. The van der Waals surface area contributed by atoms with Gasteiger partial charge in [0.05, 0.1) is 18.8 Å². The van der Waals surface area contributed by atoms with E-state index in [2.05, 4.69) is 33.8 Å². The molecule has 12 heteroatoms. The van der Waals surface area contributed by atoms with Crippen LogP contribution in [0.3, 0.4) is 0 Å². The number of ether oxygens (including phenoxy) is 1. The topological polar surface area (TPSA) is 144 Å². The van der Waals surface area contributed by atoms with Gasteiger partial charge in [-0.1, -0.05) is 37.6 Å². The number of imidazole rings is 1. The van der Waals surface area contributed by atoms with Gasteiger partial charge >= 0.3 is 6.09 Å². The summed E-state index contributed by atoms with van der Waals surface area (Å²) in [4.78, 5) is 39.9. The van der Waals surface area contributed by atoms with Gasteiger partial charge in [0.25, 0.3) is 0 Å². The number of likely N-dealkylation sites (tertiary alicyclic amines) is 2. The van der Waals surface area contributed by atoms with Gasteiger partial charge in [0.2, 0.25) is 5.91 Å². The van der Waals surface area contributed by atoms with E-state index in [1.807, 2.05) is 21.9 Å². The van der Waals surface area contributed by atoms with Crippen LogP contribution in [0.15, 0.2) is 24.3 Å². The molecule has 2 aromatic rings. The minimum Gasteiger partial charge on any atom is -0.453 e. The van der Waals surface area contributed by atoms with Gasteiger partial charge < -0.3 is 25.3 Å². The first-order valence-corrected chi connectivity index (χ1v) is 14.5. The first-order valence-electron chi connectivity index (χ1n) is 14.1. The Hall–Kier alpha value is -3.31. The molecule has 2 saturated heterocycles. The fraction of sp³-hybridized carbons (Fsp3) is 0.571. The first-order chi connectivity index (χ1) is 19.2. The number of aromatic amines is 1. The van der Waals surface area contributed by atoms with Crippen molar-refractivity contribution in [3.8, 4) is 11.3 Å². The number of benzene rings is 1. The average molecular weight is 573 g/mol. The molecule has 2 amide bonds. The number of guanidine groups is 1. The molecule has 2 unspecified atom stereocenters. The molecule has 0 bridgehead atoms. The summed E-state index contributed by atoms with van der Waals surface area (Å²) < 4.78 is 4.65. The molecule has 2 fully saturated rings. The van der Waals surface area contributed by atoms with Crippen LogP contribution >= 0.6 is 11.6 Å². The molecule has 2 atom stereocenters. The lowest BCUT2D eigenvalue weighted by Gasteiger charge is -2.35. The number of hydrogen-bond donors (Lipinski definition) is 4. The summed E-state index contributed by atoms with van der Waals surface area (Å²) >= 11 is 6.64. The third-order valence-corrected chi connectivity index (χ3v) is 8.16. The summed E-state index contributed by atoms with van der Waals surface area (Å²) in [7, 11) is 1.32. The fourth-order valence-corrected chi connectivity index (χ4v) is 6.09. The number of carbonyl (C=O) groups is 2. The molecule has 2 aliphatic heterocycles.